The minimum Gasteiger partial charge on any atom is -0.463 e. The van der Waals surface area contributed by atoms with Crippen LogP contribution in [0.4, 0.5) is 35.3 Å². The smallest absolute Gasteiger partial charge is 0.329 e. The van der Waals surface area contributed by atoms with Crippen LogP contribution in [0.2, 0.25) is 0 Å². The minimum atomic E-state index is -0.621. The molecule has 5 aliphatic heterocycles. The number of benzene rings is 3. The van der Waals surface area contributed by atoms with E-state index in [4.69, 9.17) is 30.2 Å². The summed E-state index contributed by atoms with van der Waals surface area (Å²) in [4.78, 5) is 47.7. The lowest BCUT2D eigenvalue weighted by atomic mass is 9.59. The van der Waals surface area contributed by atoms with E-state index in [1.54, 1.807) is 29.1 Å². The molecule has 6 aromatic rings. The molecule has 0 radical (unpaired) electrons. The van der Waals surface area contributed by atoms with Gasteiger partial charge >= 0.3 is 12.0 Å². The van der Waals surface area contributed by atoms with Crippen LogP contribution in [-0.4, -0.2) is 124 Å². The molecule has 5 saturated heterocycles. The molecule has 7 fully saturated rings. The van der Waals surface area contributed by atoms with Crippen molar-refractivity contribution in [2.75, 3.05) is 81.1 Å². The van der Waals surface area contributed by atoms with E-state index >= 15 is 13.2 Å². The van der Waals surface area contributed by atoms with Gasteiger partial charge in [0.25, 0.3) is 0 Å². The zero-order chi connectivity index (χ0) is 50.7. The first-order valence-electron chi connectivity index (χ1n) is 26.9. The maximum atomic E-state index is 17.3. The Morgan fingerprint density at radius 3 is 2.42 bits per heavy atom. The Balaban J connectivity index is 0.657. The van der Waals surface area contributed by atoms with Crippen molar-refractivity contribution in [1.82, 2.24) is 39.8 Å². The Labute approximate surface area is 427 Å². The minimum absolute atomic E-state index is 0.0258. The van der Waals surface area contributed by atoms with Crippen LogP contribution >= 0.6 is 0 Å². The Bertz CT molecular complexity index is 3240. The molecular formula is C56H64F3N11O4. The molecule has 3 aromatic heterocycles. The van der Waals surface area contributed by atoms with Crippen LogP contribution < -0.4 is 25.6 Å². The predicted octanol–water partition coefficient (Wildman–Crippen LogP) is 8.78. The number of amides is 3. The summed E-state index contributed by atoms with van der Waals surface area (Å²) in [7, 11) is 1.81. The molecule has 0 bridgehead atoms. The van der Waals surface area contributed by atoms with Crippen LogP contribution in [0.25, 0.3) is 43.8 Å². The lowest BCUT2D eigenvalue weighted by molar-refractivity contribution is -0.151. The second-order valence-corrected chi connectivity index (χ2v) is 22.9. The fourth-order valence-electron chi connectivity index (χ4n) is 13.7. The number of nitrogens with one attached hydrogen (secondary N) is 1. The molecule has 74 heavy (non-hydrogen) atoms. The summed E-state index contributed by atoms with van der Waals surface area (Å²) in [6.45, 7) is 9.56. The van der Waals surface area contributed by atoms with Crippen molar-refractivity contribution in [1.29, 1.82) is 0 Å². The summed E-state index contributed by atoms with van der Waals surface area (Å²) < 4.78 is 62.9. The van der Waals surface area contributed by atoms with Gasteiger partial charge in [-0.2, -0.15) is 15.1 Å². The topological polar surface area (TPSA) is 160 Å². The summed E-state index contributed by atoms with van der Waals surface area (Å²) >= 11 is 0. The van der Waals surface area contributed by atoms with Gasteiger partial charge in [0.1, 0.15) is 28.7 Å². The molecule has 3 aromatic carbocycles. The van der Waals surface area contributed by atoms with E-state index in [0.29, 0.717) is 81.2 Å². The quantitative estimate of drug-likeness (QED) is 0.119. The Hall–Kier alpha value is -6.11. The average Bonchev–Trinajstić information content (AvgIpc) is 4.08. The van der Waals surface area contributed by atoms with Gasteiger partial charge in [-0.1, -0.05) is 13.0 Å². The Kier molecular flexibility index (Phi) is 11.6. The highest BCUT2D eigenvalue weighted by Crippen LogP contribution is 2.54. The number of rotatable bonds is 11. The van der Waals surface area contributed by atoms with Crippen LogP contribution in [0.15, 0.2) is 42.6 Å². The number of likely N-dealkylation sites (tertiary alicyclic amines) is 2. The highest BCUT2D eigenvalue weighted by Gasteiger charge is 2.51. The van der Waals surface area contributed by atoms with Crippen molar-refractivity contribution in [2.24, 2.45) is 17.9 Å². The van der Waals surface area contributed by atoms with Crippen molar-refractivity contribution in [3.63, 3.8) is 0 Å². The largest absolute Gasteiger partial charge is 0.463 e. The molecule has 2 saturated carbocycles. The SMILES string of the molecule is CCc1c(F)ccc2cc(N)cc(-c3ncc4c(N5CCC[C@]6(CCO6)C5)nc(OCC5(CN6CCC7(CC6)CC(N6CCC(c8cc9c(cc8F)c(N8CCC(=O)NC8=O)nn9C)CC6)C7)CC5)nc4c3F)c12. The van der Waals surface area contributed by atoms with E-state index < -0.39 is 11.8 Å². The number of nitrogens with two attached hydrogens (primary N) is 1. The predicted molar refractivity (Wildman–Crippen MR) is 277 cm³/mol. The average molecular weight is 1010 g/mol. The van der Waals surface area contributed by atoms with Crippen LogP contribution in [0.1, 0.15) is 101 Å². The molecule has 15 nitrogen and oxygen atoms in total. The first kappa shape index (κ1) is 47.6. The summed E-state index contributed by atoms with van der Waals surface area (Å²) in [5.74, 6) is -0.507. The maximum Gasteiger partial charge on any atom is 0.329 e. The molecule has 13 rings (SSSR count). The highest BCUT2D eigenvalue weighted by atomic mass is 19.1. The number of pyridine rings is 1. The van der Waals surface area contributed by atoms with Crippen LogP contribution in [0.5, 0.6) is 6.01 Å². The number of ether oxygens (including phenoxy) is 2. The van der Waals surface area contributed by atoms with Gasteiger partial charge in [-0.15, -0.1) is 0 Å². The summed E-state index contributed by atoms with van der Waals surface area (Å²) in [6, 6.07) is 10.2. The zero-order valence-corrected chi connectivity index (χ0v) is 42.3. The third-order valence-electron chi connectivity index (χ3n) is 18.3. The molecule has 18 heteroatoms. The number of hydrogen-bond acceptors (Lipinski definition) is 12. The molecule has 2 spiro atoms. The number of aromatic nitrogens is 5. The zero-order valence-electron chi connectivity index (χ0n) is 42.3. The number of anilines is 3. The molecule has 0 unspecified atom stereocenters. The molecule has 3 amide bonds. The van der Waals surface area contributed by atoms with Crippen LogP contribution in [0, 0.1) is 28.3 Å². The number of nitrogen functional groups attached to an aromatic ring is 1. The Morgan fingerprint density at radius 1 is 0.892 bits per heavy atom. The molecule has 2 aliphatic carbocycles. The molecule has 3 N–H and O–H groups in total. The number of imide groups is 1. The van der Waals surface area contributed by atoms with Crippen LogP contribution in [-0.2, 0) is 23.0 Å². The van der Waals surface area contributed by atoms with Gasteiger partial charge in [0.15, 0.2) is 11.6 Å². The number of fused-ring (bicyclic) bond motifs is 3. The molecule has 8 heterocycles. The molecular weight excluding hydrogens is 948 g/mol. The lowest BCUT2D eigenvalue weighted by Crippen LogP contribution is -2.56. The van der Waals surface area contributed by atoms with Gasteiger partial charge in [0, 0.05) is 80.4 Å². The van der Waals surface area contributed by atoms with E-state index in [1.165, 1.54) is 42.7 Å². The van der Waals surface area contributed by atoms with Crippen molar-refractivity contribution < 1.29 is 32.2 Å². The van der Waals surface area contributed by atoms with E-state index in [0.717, 1.165) is 102 Å². The summed E-state index contributed by atoms with van der Waals surface area (Å²) in [6.07, 6.45) is 13.7. The molecule has 388 valence electrons. The fourth-order valence-corrected chi connectivity index (χ4v) is 13.7. The molecule has 1 atom stereocenters. The van der Waals surface area contributed by atoms with Crippen molar-refractivity contribution in [3.8, 4) is 17.3 Å². The van der Waals surface area contributed by atoms with E-state index in [-0.39, 0.29) is 64.7 Å². The number of nitrogens with zero attached hydrogens (tertiary/aromatic N) is 9. The van der Waals surface area contributed by atoms with Crippen LogP contribution in [0.3, 0.4) is 0 Å². The number of carbonyl (C=O) groups excluding carboxylic acids is 2. The third kappa shape index (κ3) is 8.29. The fraction of sp³-hybridized carbons (Fsp3) is 0.536. The van der Waals surface area contributed by atoms with Crippen molar-refractivity contribution in [2.45, 2.75) is 108 Å². The number of carbonyl (C=O) groups is 2. The van der Waals surface area contributed by atoms with Gasteiger partial charge < -0.3 is 29.9 Å². The van der Waals surface area contributed by atoms with E-state index in [9.17, 15) is 9.59 Å². The van der Waals surface area contributed by atoms with E-state index in [1.807, 2.05) is 20.0 Å². The molecule has 7 aliphatic rings. The van der Waals surface area contributed by atoms with Gasteiger partial charge in [-0.05, 0) is 160 Å². The lowest BCUT2D eigenvalue weighted by Gasteiger charge is -2.56. The standard InChI is InChI=1S/C56H64F3N11O4/c1-3-37-42(57)6-5-34-23-35(60)24-40(46(34)37)48-47(59)49-41(29-61-48)50(69-16-4-10-56(31-69)15-22-74-56)64-52(63-49)73-32-55(11-12-55)30-67-20-13-54(14-21-67)27-36(28-54)68-17-7-33(8-18-68)38-26-44-39(25-43(38)58)51(65-66(44)2)70-19-9-45(71)62-53(70)72/h5-6,23-26,29,33,36H,3-4,7-22,27-28,30-32,60H2,1-2H3,(H,62,71,72)/t56-/m0/s1. The number of piperidine rings is 3. The second kappa shape index (κ2) is 18.0. The number of aryl methyl sites for hydroxylation is 2. The number of halogens is 3. The Morgan fingerprint density at radius 2 is 1.69 bits per heavy atom. The van der Waals surface area contributed by atoms with Crippen molar-refractivity contribution in [3.05, 3.63) is 71.2 Å². The monoisotopic (exact) mass is 1010 g/mol. The number of urea groups is 1. The van der Waals surface area contributed by atoms with Gasteiger partial charge in [0.2, 0.25) is 5.91 Å². The van der Waals surface area contributed by atoms with Crippen molar-refractivity contribution >= 4 is 61.8 Å². The van der Waals surface area contributed by atoms with Gasteiger partial charge in [-0.25, -0.2) is 18.0 Å². The second-order valence-electron chi connectivity index (χ2n) is 22.9. The number of hydrogen-bond donors (Lipinski definition) is 2. The van der Waals surface area contributed by atoms with E-state index in [2.05, 4.69) is 25.1 Å². The summed E-state index contributed by atoms with van der Waals surface area (Å²) in [5, 5.41) is 9.28. The summed E-state index contributed by atoms with van der Waals surface area (Å²) in [5.41, 5.74) is 9.47. The van der Waals surface area contributed by atoms with Gasteiger partial charge in [0.05, 0.1) is 29.7 Å². The first-order valence-corrected chi connectivity index (χ1v) is 26.9. The van der Waals surface area contributed by atoms with Gasteiger partial charge in [-0.3, -0.25) is 24.7 Å². The first-order chi connectivity index (χ1) is 35.8. The highest BCUT2D eigenvalue weighted by molar-refractivity contribution is 6.09. The normalized spacial score (nSPS) is 23.5. The third-order valence-corrected chi connectivity index (χ3v) is 18.3. The maximum absolute atomic E-state index is 17.3.